The highest BCUT2D eigenvalue weighted by Gasteiger charge is 2.29. The van der Waals surface area contributed by atoms with E-state index < -0.39 is 0 Å². The lowest BCUT2D eigenvalue weighted by molar-refractivity contribution is 0.316. The summed E-state index contributed by atoms with van der Waals surface area (Å²) in [6.45, 7) is 1.86. The molecule has 21 heavy (non-hydrogen) atoms. The van der Waals surface area contributed by atoms with E-state index in [2.05, 4.69) is 37.1 Å². The lowest BCUT2D eigenvalue weighted by Gasteiger charge is -2.26. The summed E-state index contributed by atoms with van der Waals surface area (Å²) in [6.07, 6.45) is 1.41. The van der Waals surface area contributed by atoms with Crippen LogP contribution in [-0.2, 0) is 6.42 Å². The van der Waals surface area contributed by atoms with Crippen LogP contribution in [0.25, 0.3) is 0 Å². The van der Waals surface area contributed by atoms with Gasteiger partial charge in [0, 0.05) is 16.5 Å². The molecule has 1 aromatic carbocycles. The number of benzene rings is 1. The van der Waals surface area contributed by atoms with Crippen molar-refractivity contribution in [2.24, 2.45) is 5.16 Å². The fourth-order valence-electron chi connectivity index (χ4n) is 2.94. The van der Waals surface area contributed by atoms with E-state index >= 15 is 0 Å². The molecule has 3 rings (SSSR count). The molecule has 0 saturated carbocycles. The van der Waals surface area contributed by atoms with Crippen molar-refractivity contribution in [1.29, 1.82) is 0 Å². The van der Waals surface area contributed by atoms with Crippen molar-refractivity contribution in [2.45, 2.75) is 25.7 Å². The first-order valence-electron chi connectivity index (χ1n) is 6.69. The Morgan fingerprint density at radius 2 is 2.05 bits per heavy atom. The third kappa shape index (κ3) is 2.51. The zero-order chi connectivity index (χ0) is 15.0. The van der Waals surface area contributed by atoms with E-state index in [0.29, 0.717) is 12.1 Å². The van der Waals surface area contributed by atoms with Crippen molar-refractivity contribution in [3.63, 3.8) is 0 Å². The lowest BCUT2D eigenvalue weighted by atomic mass is 9.81. The molecule has 0 bridgehead atoms. The molecule has 1 heterocycles. The topological polar surface area (TPSA) is 84.4 Å². The summed E-state index contributed by atoms with van der Waals surface area (Å²) in [7, 11) is 0. The molecule has 0 fully saturated rings. The summed E-state index contributed by atoms with van der Waals surface area (Å²) < 4.78 is 1.05. The maximum atomic E-state index is 9.35. The SMILES string of the molecule is Cc1nc(N)nc2c1/C(=N\O)CC(c1ccccc1Br)C2. The molecule has 0 radical (unpaired) electrons. The van der Waals surface area contributed by atoms with E-state index in [1.807, 2.05) is 25.1 Å². The Balaban J connectivity index is 2.09. The molecule has 1 aromatic heterocycles. The smallest absolute Gasteiger partial charge is 0.220 e. The summed E-state index contributed by atoms with van der Waals surface area (Å²) in [5, 5.41) is 12.8. The van der Waals surface area contributed by atoms with E-state index in [4.69, 9.17) is 5.73 Å². The van der Waals surface area contributed by atoms with Crippen LogP contribution in [0, 0.1) is 6.92 Å². The Morgan fingerprint density at radius 3 is 2.76 bits per heavy atom. The molecule has 6 heteroatoms. The number of hydrogen-bond acceptors (Lipinski definition) is 5. The standard InChI is InChI=1S/C15H15BrN4O/c1-8-14-12(19-15(17)18-8)6-9(7-13(14)20-21)10-4-2-3-5-11(10)16/h2-5,9,21H,6-7H2,1H3,(H2,17,18,19)/b20-13-. The van der Waals surface area contributed by atoms with Gasteiger partial charge in [-0.1, -0.05) is 39.3 Å². The van der Waals surface area contributed by atoms with E-state index in [-0.39, 0.29) is 11.9 Å². The highest BCUT2D eigenvalue weighted by atomic mass is 79.9. The van der Waals surface area contributed by atoms with E-state index in [1.165, 1.54) is 5.56 Å². The monoisotopic (exact) mass is 346 g/mol. The van der Waals surface area contributed by atoms with Crippen molar-refractivity contribution >= 4 is 27.6 Å². The van der Waals surface area contributed by atoms with Gasteiger partial charge in [-0.05, 0) is 30.9 Å². The number of nitrogens with zero attached hydrogens (tertiary/aromatic N) is 3. The maximum absolute atomic E-state index is 9.35. The molecule has 108 valence electrons. The van der Waals surface area contributed by atoms with Gasteiger partial charge >= 0.3 is 0 Å². The van der Waals surface area contributed by atoms with Gasteiger partial charge in [0.2, 0.25) is 5.95 Å². The number of halogens is 1. The Morgan fingerprint density at radius 1 is 1.29 bits per heavy atom. The normalized spacial score (nSPS) is 19.5. The Hall–Kier alpha value is -1.95. The minimum absolute atomic E-state index is 0.202. The molecule has 0 aliphatic heterocycles. The number of oxime groups is 1. The van der Waals surface area contributed by atoms with Crippen LogP contribution in [-0.4, -0.2) is 20.9 Å². The molecule has 0 saturated heterocycles. The fourth-order valence-corrected chi connectivity index (χ4v) is 3.55. The van der Waals surface area contributed by atoms with Gasteiger partial charge < -0.3 is 10.9 Å². The highest BCUT2D eigenvalue weighted by molar-refractivity contribution is 9.10. The van der Waals surface area contributed by atoms with Crippen LogP contribution in [0.1, 0.15) is 34.9 Å². The fraction of sp³-hybridized carbons (Fsp3) is 0.267. The number of aromatic nitrogens is 2. The molecule has 1 aliphatic carbocycles. The van der Waals surface area contributed by atoms with E-state index in [1.54, 1.807) is 0 Å². The number of nitrogen functional groups attached to an aromatic ring is 1. The molecule has 1 aliphatic rings. The zero-order valence-electron chi connectivity index (χ0n) is 11.5. The number of fused-ring (bicyclic) bond motifs is 1. The van der Waals surface area contributed by atoms with Crippen molar-refractivity contribution in [1.82, 2.24) is 9.97 Å². The largest absolute Gasteiger partial charge is 0.411 e. The quantitative estimate of drug-likeness (QED) is 0.613. The summed E-state index contributed by atoms with van der Waals surface area (Å²) in [4.78, 5) is 8.50. The van der Waals surface area contributed by atoms with Gasteiger partial charge in [-0.3, -0.25) is 0 Å². The second kappa shape index (κ2) is 5.44. The average Bonchev–Trinajstić information content (AvgIpc) is 2.46. The number of rotatable bonds is 1. The zero-order valence-corrected chi connectivity index (χ0v) is 13.1. The van der Waals surface area contributed by atoms with Crippen LogP contribution in [0.3, 0.4) is 0 Å². The number of nitrogens with two attached hydrogens (primary N) is 1. The van der Waals surface area contributed by atoms with Gasteiger partial charge in [0.25, 0.3) is 0 Å². The minimum atomic E-state index is 0.202. The third-order valence-electron chi connectivity index (χ3n) is 3.82. The average molecular weight is 347 g/mol. The summed E-state index contributed by atoms with van der Waals surface area (Å²) in [6, 6.07) is 8.08. The predicted molar refractivity (Wildman–Crippen MR) is 84.7 cm³/mol. The molecule has 2 aromatic rings. The molecular formula is C15H15BrN4O. The first kappa shape index (κ1) is 14.0. The van der Waals surface area contributed by atoms with Gasteiger partial charge in [0.05, 0.1) is 17.1 Å². The van der Waals surface area contributed by atoms with Gasteiger partial charge in [-0.15, -0.1) is 0 Å². The van der Waals surface area contributed by atoms with Crippen LogP contribution in [0.2, 0.25) is 0 Å². The van der Waals surface area contributed by atoms with Gasteiger partial charge in [-0.2, -0.15) is 0 Å². The molecule has 0 spiro atoms. The Bertz CT molecular complexity index is 730. The molecular weight excluding hydrogens is 332 g/mol. The number of hydrogen-bond donors (Lipinski definition) is 2. The first-order valence-corrected chi connectivity index (χ1v) is 7.48. The van der Waals surface area contributed by atoms with Crippen molar-refractivity contribution in [3.05, 3.63) is 51.3 Å². The van der Waals surface area contributed by atoms with Gasteiger partial charge in [0.15, 0.2) is 0 Å². The van der Waals surface area contributed by atoms with Crippen LogP contribution in [0.4, 0.5) is 5.95 Å². The second-order valence-corrected chi connectivity index (χ2v) is 6.02. The van der Waals surface area contributed by atoms with Crippen molar-refractivity contribution < 1.29 is 5.21 Å². The van der Waals surface area contributed by atoms with Crippen LogP contribution in [0.5, 0.6) is 0 Å². The van der Waals surface area contributed by atoms with Crippen LogP contribution < -0.4 is 5.73 Å². The number of aryl methyl sites for hydroxylation is 1. The molecule has 3 N–H and O–H groups in total. The number of anilines is 1. The first-order chi connectivity index (χ1) is 10.1. The van der Waals surface area contributed by atoms with Crippen molar-refractivity contribution in [2.75, 3.05) is 5.73 Å². The van der Waals surface area contributed by atoms with Crippen molar-refractivity contribution in [3.8, 4) is 0 Å². The minimum Gasteiger partial charge on any atom is -0.411 e. The van der Waals surface area contributed by atoms with E-state index in [9.17, 15) is 5.21 Å². The molecule has 1 atom stereocenters. The molecule has 1 unspecified atom stereocenters. The lowest BCUT2D eigenvalue weighted by Crippen LogP contribution is -2.23. The summed E-state index contributed by atoms with van der Waals surface area (Å²) in [5.74, 6) is 0.462. The second-order valence-electron chi connectivity index (χ2n) is 5.16. The van der Waals surface area contributed by atoms with Crippen LogP contribution in [0.15, 0.2) is 33.9 Å². The summed E-state index contributed by atoms with van der Waals surface area (Å²) >= 11 is 3.58. The highest BCUT2D eigenvalue weighted by Crippen LogP contribution is 2.36. The summed E-state index contributed by atoms with van der Waals surface area (Å²) in [5.41, 5.74) is 9.99. The maximum Gasteiger partial charge on any atom is 0.220 e. The van der Waals surface area contributed by atoms with Gasteiger partial charge in [0.1, 0.15) is 0 Å². The Kier molecular flexibility index (Phi) is 3.63. The molecule has 0 amide bonds. The van der Waals surface area contributed by atoms with E-state index in [0.717, 1.165) is 27.8 Å². The predicted octanol–water partition coefficient (Wildman–Crippen LogP) is 3.04. The molecule has 5 nitrogen and oxygen atoms in total. The van der Waals surface area contributed by atoms with Gasteiger partial charge in [-0.25, -0.2) is 9.97 Å². The van der Waals surface area contributed by atoms with Crippen LogP contribution >= 0.6 is 15.9 Å². The Labute approximate surface area is 131 Å². The third-order valence-corrected chi connectivity index (χ3v) is 4.54.